The van der Waals surface area contributed by atoms with Crippen LogP contribution in [0, 0.1) is 10.8 Å². The van der Waals surface area contributed by atoms with E-state index in [1.165, 1.54) is 13.2 Å². The highest BCUT2D eigenvalue weighted by Gasteiger charge is 2.57. The average Bonchev–Trinajstić information content (AvgIpc) is 3.18. The largest absolute Gasteiger partial charge is 0.453 e. The summed E-state index contributed by atoms with van der Waals surface area (Å²) >= 11 is 0. The molecule has 3 rings (SSSR count). The maximum absolute atomic E-state index is 13.5. The van der Waals surface area contributed by atoms with Crippen molar-refractivity contribution >= 4 is 11.8 Å². The summed E-state index contributed by atoms with van der Waals surface area (Å²) in [6, 6.07) is 5.66. The number of alkyl halides is 3. The minimum absolute atomic E-state index is 0.0829. The van der Waals surface area contributed by atoms with Crippen LogP contribution in [0.3, 0.4) is 0 Å². The molecule has 0 N–H and O–H groups in total. The van der Waals surface area contributed by atoms with Gasteiger partial charge in [-0.2, -0.15) is 13.2 Å². The second-order valence-corrected chi connectivity index (χ2v) is 8.73. The fourth-order valence-electron chi connectivity index (χ4n) is 5.16. The number of hydrogen-bond donors (Lipinski definition) is 0. The highest BCUT2D eigenvalue weighted by atomic mass is 19.4. The molecular weight excluding hydrogens is 357 g/mol. The molecule has 1 spiro atoms. The van der Waals surface area contributed by atoms with E-state index in [2.05, 4.69) is 20.8 Å². The van der Waals surface area contributed by atoms with Crippen molar-refractivity contribution in [2.45, 2.75) is 45.8 Å². The first-order valence-corrected chi connectivity index (χ1v) is 9.25. The van der Waals surface area contributed by atoms with E-state index in [0.29, 0.717) is 19.6 Å². The van der Waals surface area contributed by atoms with Gasteiger partial charge >= 0.3 is 12.3 Å². The zero-order valence-electron chi connectivity index (χ0n) is 16.3. The molecule has 1 amide bonds. The van der Waals surface area contributed by atoms with Gasteiger partial charge in [-0.3, -0.25) is 0 Å². The van der Waals surface area contributed by atoms with Gasteiger partial charge in [0.05, 0.1) is 12.7 Å². The zero-order chi connectivity index (χ0) is 20.0. The molecule has 0 radical (unpaired) electrons. The summed E-state index contributed by atoms with van der Waals surface area (Å²) in [6.07, 6.45) is -3.21. The summed E-state index contributed by atoms with van der Waals surface area (Å²) in [4.78, 5) is 15.9. The molecule has 2 saturated heterocycles. The zero-order valence-corrected chi connectivity index (χ0v) is 16.3. The topological polar surface area (TPSA) is 32.8 Å². The standard InChI is InChI=1S/C20H27F3N2O2/c1-18(2,3)16-19(10-12-25(16)17(26)27-4)9-11-24(13-19)15-8-6-5-7-14(15)20(21,22)23/h5-8,16H,9-13H2,1-4H3. The van der Waals surface area contributed by atoms with E-state index in [4.69, 9.17) is 4.74 Å². The van der Waals surface area contributed by atoms with Gasteiger partial charge in [0.15, 0.2) is 0 Å². The molecule has 27 heavy (non-hydrogen) atoms. The molecule has 0 aromatic heterocycles. The number of carbonyl (C=O) groups is 1. The highest BCUT2D eigenvalue weighted by molar-refractivity contribution is 5.69. The van der Waals surface area contributed by atoms with E-state index >= 15 is 0 Å². The first-order valence-electron chi connectivity index (χ1n) is 9.25. The lowest BCUT2D eigenvalue weighted by molar-refractivity contribution is -0.137. The van der Waals surface area contributed by atoms with Crippen molar-refractivity contribution in [3.05, 3.63) is 29.8 Å². The second-order valence-electron chi connectivity index (χ2n) is 8.73. The van der Waals surface area contributed by atoms with Crippen molar-refractivity contribution in [2.24, 2.45) is 10.8 Å². The molecule has 4 nitrogen and oxygen atoms in total. The molecule has 2 fully saturated rings. The average molecular weight is 384 g/mol. The molecule has 2 heterocycles. The van der Waals surface area contributed by atoms with Crippen molar-refractivity contribution in [1.29, 1.82) is 0 Å². The number of anilines is 1. The molecule has 1 aromatic carbocycles. The molecular formula is C20H27F3N2O2. The summed E-state index contributed by atoms with van der Waals surface area (Å²) in [5.41, 5.74) is -0.807. The van der Waals surface area contributed by atoms with Gasteiger partial charge < -0.3 is 14.5 Å². The molecule has 7 heteroatoms. The molecule has 1 aromatic rings. The fraction of sp³-hybridized carbons (Fsp3) is 0.650. The predicted molar refractivity (Wildman–Crippen MR) is 97.7 cm³/mol. The van der Waals surface area contributed by atoms with Gasteiger partial charge in [-0.25, -0.2) is 4.79 Å². The molecule has 0 saturated carbocycles. The van der Waals surface area contributed by atoms with Crippen molar-refractivity contribution in [2.75, 3.05) is 31.6 Å². The summed E-state index contributed by atoms with van der Waals surface area (Å²) < 4.78 is 45.3. The van der Waals surface area contributed by atoms with E-state index in [1.807, 2.05) is 4.90 Å². The minimum Gasteiger partial charge on any atom is -0.453 e. The Bertz CT molecular complexity index is 714. The maximum Gasteiger partial charge on any atom is 0.418 e. The van der Waals surface area contributed by atoms with Crippen molar-refractivity contribution in [3.8, 4) is 0 Å². The number of ether oxygens (including phenoxy) is 1. The second kappa shape index (κ2) is 6.60. The summed E-state index contributed by atoms with van der Waals surface area (Å²) in [6.45, 7) is 7.86. The molecule has 2 aliphatic heterocycles. The summed E-state index contributed by atoms with van der Waals surface area (Å²) in [5.74, 6) is 0. The van der Waals surface area contributed by atoms with Crippen LogP contribution < -0.4 is 4.90 Å². The van der Waals surface area contributed by atoms with Gasteiger partial charge in [0.25, 0.3) is 0 Å². The molecule has 0 bridgehead atoms. The van der Waals surface area contributed by atoms with Crippen LogP contribution in [-0.4, -0.2) is 43.8 Å². The maximum atomic E-state index is 13.5. The number of amides is 1. The van der Waals surface area contributed by atoms with E-state index in [0.717, 1.165) is 18.9 Å². The van der Waals surface area contributed by atoms with Crippen LogP contribution in [-0.2, 0) is 10.9 Å². The quantitative estimate of drug-likeness (QED) is 0.698. The summed E-state index contributed by atoms with van der Waals surface area (Å²) in [7, 11) is 1.37. The number of para-hydroxylation sites is 1. The van der Waals surface area contributed by atoms with Gasteiger partial charge in [-0.15, -0.1) is 0 Å². The van der Waals surface area contributed by atoms with Crippen LogP contribution >= 0.6 is 0 Å². The lowest BCUT2D eigenvalue weighted by Crippen LogP contribution is -2.51. The number of rotatable bonds is 1. The van der Waals surface area contributed by atoms with E-state index in [9.17, 15) is 18.0 Å². The van der Waals surface area contributed by atoms with Gasteiger partial charge in [-0.05, 0) is 30.4 Å². The van der Waals surface area contributed by atoms with E-state index < -0.39 is 11.7 Å². The van der Waals surface area contributed by atoms with Crippen LogP contribution in [0.1, 0.15) is 39.2 Å². The third-order valence-corrected chi connectivity index (χ3v) is 5.91. The van der Waals surface area contributed by atoms with Gasteiger partial charge in [0.1, 0.15) is 0 Å². The number of hydrogen-bond acceptors (Lipinski definition) is 3. The van der Waals surface area contributed by atoms with Crippen molar-refractivity contribution in [1.82, 2.24) is 4.90 Å². The SMILES string of the molecule is COC(=O)N1CCC2(CCN(c3ccccc3C(F)(F)F)C2)C1C(C)(C)C. The monoisotopic (exact) mass is 384 g/mol. The molecule has 2 unspecified atom stereocenters. The van der Waals surface area contributed by atoms with Gasteiger partial charge in [-0.1, -0.05) is 32.9 Å². The Labute approximate surface area is 158 Å². The highest BCUT2D eigenvalue weighted by Crippen LogP contribution is 2.52. The lowest BCUT2D eigenvalue weighted by atomic mass is 9.68. The van der Waals surface area contributed by atoms with Gasteiger partial charge in [0, 0.05) is 36.8 Å². The van der Waals surface area contributed by atoms with Gasteiger partial charge in [0.2, 0.25) is 0 Å². The number of likely N-dealkylation sites (tertiary alicyclic amines) is 1. The third-order valence-electron chi connectivity index (χ3n) is 5.91. The number of benzene rings is 1. The number of halogens is 3. The Morgan fingerprint density at radius 1 is 1.15 bits per heavy atom. The number of carbonyl (C=O) groups excluding carboxylic acids is 1. The lowest BCUT2D eigenvalue weighted by Gasteiger charge is -2.43. The van der Waals surface area contributed by atoms with Crippen molar-refractivity contribution < 1.29 is 22.7 Å². The molecule has 2 atom stereocenters. The van der Waals surface area contributed by atoms with Crippen molar-refractivity contribution in [3.63, 3.8) is 0 Å². The van der Waals surface area contributed by atoms with Crippen LogP contribution in [0.2, 0.25) is 0 Å². The fourth-order valence-corrected chi connectivity index (χ4v) is 5.16. The summed E-state index contributed by atoms with van der Waals surface area (Å²) in [5, 5.41) is 0. The van der Waals surface area contributed by atoms with E-state index in [1.54, 1.807) is 17.0 Å². The first-order chi connectivity index (χ1) is 12.5. The Morgan fingerprint density at radius 3 is 2.37 bits per heavy atom. The van der Waals surface area contributed by atoms with Crippen LogP contribution in [0.5, 0.6) is 0 Å². The Morgan fingerprint density at radius 2 is 1.78 bits per heavy atom. The number of methoxy groups -OCH3 is 1. The normalized spacial score (nSPS) is 26.1. The smallest absolute Gasteiger partial charge is 0.418 e. The number of nitrogens with zero attached hydrogens (tertiary/aromatic N) is 2. The third kappa shape index (κ3) is 3.48. The predicted octanol–water partition coefficient (Wildman–Crippen LogP) is 4.79. The Kier molecular flexibility index (Phi) is 4.85. The Balaban J connectivity index is 1.94. The van der Waals surface area contributed by atoms with E-state index in [-0.39, 0.29) is 28.7 Å². The molecule has 0 aliphatic carbocycles. The Hall–Kier alpha value is -1.92. The van der Waals surface area contributed by atoms with Crippen LogP contribution in [0.25, 0.3) is 0 Å². The molecule has 2 aliphatic rings. The van der Waals surface area contributed by atoms with Crippen LogP contribution in [0.4, 0.5) is 23.7 Å². The van der Waals surface area contributed by atoms with Crippen LogP contribution in [0.15, 0.2) is 24.3 Å². The minimum atomic E-state index is -4.39. The first kappa shape index (κ1) is 19.8. The molecule has 150 valence electrons.